The van der Waals surface area contributed by atoms with Crippen molar-refractivity contribution in [3.63, 3.8) is 0 Å². The SMILES string of the molecule is CC(N)[C@]1(c2ccccc2)CC[C@H](Cc2cc3cc[nH]c(=O)c3cc2Cl)CC1. The molecular weight excluding hydrogens is 368 g/mol. The smallest absolute Gasteiger partial charge is 0.255 e. The molecule has 1 heterocycles. The second-order valence-corrected chi connectivity index (χ2v) is 8.70. The van der Waals surface area contributed by atoms with E-state index in [9.17, 15) is 4.79 Å². The highest BCUT2D eigenvalue weighted by Crippen LogP contribution is 2.44. The predicted octanol–water partition coefficient (Wildman–Crippen LogP) is 5.20. The van der Waals surface area contributed by atoms with Crippen LogP contribution in [0.5, 0.6) is 0 Å². The number of hydrogen-bond acceptors (Lipinski definition) is 2. The van der Waals surface area contributed by atoms with Gasteiger partial charge in [0, 0.05) is 28.1 Å². The molecule has 0 spiro atoms. The summed E-state index contributed by atoms with van der Waals surface area (Å²) < 4.78 is 0. The van der Waals surface area contributed by atoms with Gasteiger partial charge in [-0.25, -0.2) is 0 Å². The van der Waals surface area contributed by atoms with E-state index in [1.165, 1.54) is 5.56 Å². The first-order valence-corrected chi connectivity index (χ1v) is 10.5. The summed E-state index contributed by atoms with van der Waals surface area (Å²) in [5.74, 6) is 0.590. The number of fused-ring (bicyclic) bond motifs is 1. The molecule has 3 nitrogen and oxygen atoms in total. The van der Waals surface area contributed by atoms with Gasteiger partial charge in [-0.1, -0.05) is 41.9 Å². The van der Waals surface area contributed by atoms with Gasteiger partial charge in [0.05, 0.1) is 0 Å². The van der Waals surface area contributed by atoms with Crippen molar-refractivity contribution < 1.29 is 0 Å². The van der Waals surface area contributed by atoms with E-state index in [0.717, 1.165) is 43.1 Å². The summed E-state index contributed by atoms with van der Waals surface area (Å²) >= 11 is 6.52. The van der Waals surface area contributed by atoms with Gasteiger partial charge in [-0.05, 0) is 79.7 Å². The first-order chi connectivity index (χ1) is 13.5. The predicted molar refractivity (Wildman–Crippen MR) is 117 cm³/mol. The van der Waals surface area contributed by atoms with Crippen molar-refractivity contribution >= 4 is 22.4 Å². The number of benzene rings is 2. The van der Waals surface area contributed by atoms with Gasteiger partial charge in [-0.2, -0.15) is 0 Å². The molecule has 28 heavy (non-hydrogen) atoms. The summed E-state index contributed by atoms with van der Waals surface area (Å²) in [6, 6.07) is 16.7. The van der Waals surface area contributed by atoms with E-state index >= 15 is 0 Å². The molecule has 1 unspecified atom stereocenters. The lowest BCUT2D eigenvalue weighted by Gasteiger charge is -2.44. The topological polar surface area (TPSA) is 58.9 Å². The molecule has 4 rings (SSSR count). The van der Waals surface area contributed by atoms with Gasteiger partial charge >= 0.3 is 0 Å². The van der Waals surface area contributed by atoms with Crippen molar-refractivity contribution in [1.82, 2.24) is 4.98 Å². The summed E-state index contributed by atoms with van der Waals surface area (Å²) in [5.41, 5.74) is 8.96. The number of H-pyrrole nitrogens is 1. The van der Waals surface area contributed by atoms with Crippen LogP contribution < -0.4 is 11.3 Å². The maximum atomic E-state index is 12.0. The Hall–Kier alpha value is -2.10. The van der Waals surface area contributed by atoms with Gasteiger partial charge in [0.25, 0.3) is 5.56 Å². The standard InChI is InChI=1S/C24H27ClN2O/c1-16(26)24(20-5-3-2-4-6-20)10-7-17(8-11-24)13-19-14-18-9-12-27-23(28)21(18)15-22(19)25/h2-6,9,12,14-17H,7-8,10-11,13,26H2,1H3,(H,27,28)/t16?,17-,24-. The number of pyridine rings is 1. The van der Waals surface area contributed by atoms with Crippen LogP contribution in [-0.2, 0) is 11.8 Å². The summed E-state index contributed by atoms with van der Waals surface area (Å²) in [6.07, 6.45) is 7.12. The molecule has 4 heteroatoms. The number of nitrogens with one attached hydrogen (secondary N) is 1. The molecule has 0 amide bonds. The Labute approximate surface area is 170 Å². The Kier molecular flexibility index (Phi) is 5.31. The second kappa shape index (κ2) is 7.73. The molecule has 3 N–H and O–H groups in total. The minimum atomic E-state index is -0.0896. The van der Waals surface area contributed by atoms with Crippen LogP contribution in [0.1, 0.15) is 43.7 Å². The molecule has 1 aromatic heterocycles. The highest BCUT2D eigenvalue weighted by molar-refractivity contribution is 6.32. The Morgan fingerprint density at radius 1 is 1.18 bits per heavy atom. The Bertz CT molecular complexity index is 1020. The molecule has 3 aromatic rings. The Balaban J connectivity index is 1.54. The van der Waals surface area contributed by atoms with Crippen LogP contribution >= 0.6 is 11.6 Å². The minimum Gasteiger partial charge on any atom is -0.329 e. The van der Waals surface area contributed by atoms with Crippen LogP contribution in [0.15, 0.2) is 59.5 Å². The van der Waals surface area contributed by atoms with E-state index in [1.54, 1.807) is 6.20 Å². The van der Waals surface area contributed by atoms with Gasteiger partial charge in [0.1, 0.15) is 0 Å². The summed E-state index contributed by atoms with van der Waals surface area (Å²) in [6.45, 7) is 2.14. The number of nitrogens with two attached hydrogens (primary N) is 1. The summed E-state index contributed by atoms with van der Waals surface area (Å²) in [5, 5.41) is 2.30. The van der Waals surface area contributed by atoms with Crippen molar-refractivity contribution in [3.05, 3.63) is 81.2 Å². The van der Waals surface area contributed by atoms with Crippen molar-refractivity contribution in [2.45, 2.75) is 50.5 Å². The zero-order chi connectivity index (χ0) is 19.7. The molecule has 0 saturated heterocycles. The highest BCUT2D eigenvalue weighted by atomic mass is 35.5. The van der Waals surface area contributed by atoms with Crippen LogP contribution in [0, 0.1) is 5.92 Å². The van der Waals surface area contributed by atoms with Crippen LogP contribution in [0.4, 0.5) is 0 Å². The van der Waals surface area contributed by atoms with E-state index in [-0.39, 0.29) is 17.0 Å². The van der Waals surface area contributed by atoms with Crippen LogP contribution in [0.25, 0.3) is 10.8 Å². The van der Waals surface area contributed by atoms with Crippen molar-refractivity contribution in [2.75, 3.05) is 0 Å². The average Bonchev–Trinajstić information content (AvgIpc) is 2.70. The third-order valence-corrected chi connectivity index (χ3v) is 7.02. The average molecular weight is 395 g/mol. The molecule has 1 aliphatic carbocycles. The molecule has 0 radical (unpaired) electrons. The fourth-order valence-electron chi connectivity index (χ4n) is 4.90. The lowest BCUT2D eigenvalue weighted by molar-refractivity contribution is 0.202. The highest BCUT2D eigenvalue weighted by Gasteiger charge is 2.39. The van der Waals surface area contributed by atoms with Crippen LogP contribution in [0.2, 0.25) is 5.02 Å². The maximum Gasteiger partial charge on any atom is 0.255 e. The third-order valence-electron chi connectivity index (χ3n) is 6.67. The number of aromatic amines is 1. The van der Waals surface area contributed by atoms with E-state index in [0.29, 0.717) is 16.3 Å². The molecule has 1 fully saturated rings. The first kappa shape index (κ1) is 19.2. The third kappa shape index (κ3) is 3.49. The van der Waals surface area contributed by atoms with Crippen molar-refractivity contribution in [2.24, 2.45) is 11.7 Å². The van der Waals surface area contributed by atoms with Gasteiger partial charge < -0.3 is 10.7 Å². The summed E-state index contributed by atoms with van der Waals surface area (Å²) in [7, 11) is 0. The number of aromatic nitrogens is 1. The quantitative estimate of drug-likeness (QED) is 0.638. The van der Waals surface area contributed by atoms with Gasteiger partial charge in [-0.3, -0.25) is 4.79 Å². The molecule has 1 aliphatic rings. The van der Waals surface area contributed by atoms with E-state index < -0.39 is 0 Å². The molecule has 1 atom stereocenters. The number of hydrogen-bond donors (Lipinski definition) is 2. The Morgan fingerprint density at radius 2 is 1.89 bits per heavy atom. The zero-order valence-electron chi connectivity index (χ0n) is 16.2. The fourth-order valence-corrected chi connectivity index (χ4v) is 5.14. The van der Waals surface area contributed by atoms with Crippen LogP contribution in [-0.4, -0.2) is 11.0 Å². The van der Waals surface area contributed by atoms with Crippen molar-refractivity contribution in [3.8, 4) is 0 Å². The molecular formula is C24H27ClN2O. The number of rotatable bonds is 4. The maximum absolute atomic E-state index is 12.0. The zero-order valence-corrected chi connectivity index (χ0v) is 17.0. The first-order valence-electron chi connectivity index (χ1n) is 10.1. The number of halogens is 1. The minimum absolute atomic E-state index is 0.0677. The molecule has 0 bridgehead atoms. The summed E-state index contributed by atoms with van der Waals surface area (Å²) in [4.78, 5) is 14.7. The van der Waals surface area contributed by atoms with E-state index in [1.807, 2.05) is 12.1 Å². The van der Waals surface area contributed by atoms with Crippen LogP contribution in [0.3, 0.4) is 0 Å². The lowest BCUT2D eigenvalue weighted by Crippen LogP contribution is -2.46. The second-order valence-electron chi connectivity index (χ2n) is 8.30. The van der Waals surface area contributed by atoms with Gasteiger partial charge in [0.2, 0.25) is 0 Å². The largest absolute Gasteiger partial charge is 0.329 e. The van der Waals surface area contributed by atoms with Crippen molar-refractivity contribution in [1.29, 1.82) is 0 Å². The Morgan fingerprint density at radius 3 is 2.57 bits per heavy atom. The fraction of sp³-hybridized carbons (Fsp3) is 0.375. The van der Waals surface area contributed by atoms with Gasteiger partial charge in [-0.15, -0.1) is 0 Å². The lowest BCUT2D eigenvalue weighted by atomic mass is 9.62. The normalized spacial score (nSPS) is 23.6. The molecule has 146 valence electrons. The van der Waals surface area contributed by atoms with Gasteiger partial charge in [0.15, 0.2) is 0 Å². The monoisotopic (exact) mass is 394 g/mol. The molecule has 2 aromatic carbocycles. The molecule has 0 aliphatic heterocycles. The van der Waals surface area contributed by atoms with E-state index in [2.05, 4.69) is 48.3 Å². The van der Waals surface area contributed by atoms with E-state index in [4.69, 9.17) is 17.3 Å². The molecule has 1 saturated carbocycles.